The van der Waals surface area contributed by atoms with Crippen molar-refractivity contribution in [2.24, 2.45) is 0 Å². The number of amides is 1. The highest BCUT2D eigenvalue weighted by molar-refractivity contribution is 5.80. The number of nitrogens with one attached hydrogen (secondary N) is 1. The number of halogens is 1. The molecule has 1 amide bonds. The Labute approximate surface area is 142 Å². The van der Waals surface area contributed by atoms with Gasteiger partial charge in [0.1, 0.15) is 12.7 Å². The topological polar surface area (TPSA) is 56.8 Å². The Morgan fingerprint density at radius 2 is 2.17 bits per heavy atom. The Morgan fingerprint density at radius 1 is 1.38 bits per heavy atom. The van der Waals surface area contributed by atoms with Gasteiger partial charge in [0.25, 0.3) is 0 Å². The van der Waals surface area contributed by atoms with Crippen LogP contribution in [0.1, 0.15) is 33.1 Å². The van der Waals surface area contributed by atoms with Gasteiger partial charge in [-0.3, -0.25) is 4.79 Å². The third-order valence-electron chi connectivity index (χ3n) is 3.89. The maximum absolute atomic E-state index is 13.5. The average molecular weight is 339 g/mol. The summed E-state index contributed by atoms with van der Waals surface area (Å²) >= 11 is 0. The molecule has 1 aromatic rings. The van der Waals surface area contributed by atoms with Gasteiger partial charge in [-0.2, -0.15) is 0 Å². The molecule has 24 heavy (non-hydrogen) atoms. The molecule has 0 spiro atoms. The van der Waals surface area contributed by atoms with Crippen LogP contribution in [0.3, 0.4) is 0 Å². The van der Waals surface area contributed by atoms with E-state index in [9.17, 15) is 9.18 Å². The average Bonchev–Trinajstić information content (AvgIpc) is 2.59. The summed E-state index contributed by atoms with van der Waals surface area (Å²) in [5.41, 5.74) is 0. The van der Waals surface area contributed by atoms with E-state index in [0.29, 0.717) is 6.61 Å². The van der Waals surface area contributed by atoms with Crippen LogP contribution in [0.4, 0.5) is 4.39 Å². The van der Waals surface area contributed by atoms with Crippen LogP contribution in [0.15, 0.2) is 24.3 Å². The van der Waals surface area contributed by atoms with Crippen LogP contribution in [-0.4, -0.2) is 44.0 Å². The van der Waals surface area contributed by atoms with E-state index in [1.807, 2.05) is 0 Å². The minimum atomic E-state index is -0.563. The van der Waals surface area contributed by atoms with Gasteiger partial charge in [-0.05, 0) is 45.2 Å². The third kappa shape index (κ3) is 6.09. The Hall–Kier alpha value is -1.66. The van der Waals surface area contributed by atoms with E-state index in [4.69, 9.17) is 14.2 Å². The normalized spacial score (nSPS) is 20.2. The molecule has 2 rings (SSSR count). The lowest BCUT2D eigenvalue weighted by atomic mass is 10.1. The summed E-state index contributed by atoms with van der Waals surface area (Å²) in [5, 5.41) is 2.80. The molecule has 5 nitrogen and oxygen atoms in total. The zero-order valence-electron chi connectivity index (χ0n) is 14.3. The standard InChI is InChI=1S/C18H26FNO4/c1-13(11-24-17-9-4-3-8-16(17)19)20-18(21)14(2)23-12-15-7-5-6-10-22-15/h3-4,8-9,13-15H,5-7,10-12H2,1-2H3,(H,20,21)/t13-,14+,15+/m1/s1. The Kier molecular flexibility index (Phi) is 7.46. The van der Waals surface area contributed by atoms with Gasteiger partial charge in [0.05, 0.1) is 18.8 Å². The lowest BCUT2D eigenvalue weighted by molar-refractivity contribution is -0.136. The highest BCUT2D eigenvalue weighted by atomic mass is 19.1. The molecule has 1 aliphatic rings. The highest BCUT2D eigenvalue weighted by Crippen LogP contribution is 2.15. The molecule has 0 bridgehead atoms. The van der Waals surface area contributed by atoms with Crippen LogP contribution >= 0.6 is 0 Å². The first-order valence-electron chi connectivity index (χ1n) is 8.47. The van der Waals surface area contributed by atoms with Gasteiger partial charge >= 0.3 is 0 Å². The van der Waals surface area contributed by atoms with Gasteiger partial charge in [0.15, 0.2) is 11.6 Å². The fourth-order valence-corrected chi connectivity index (χ4v) is 2.44. The first kappa shape index (κ1) is 18.7. The smallest absolute Gasteiger partial charge is 0.249 e. The molecule has 1 saturated heterocycles. The number of carbonyl (C=O) groups is 1. The van der Waals surface area contributed by atoms with E-state index in [0.717, 1.165) is 25.9 Å². The minimum absolute atomic E-state index is 0.0795. The van der Waals surface area contributed by atoms with Gasteiger partial charge in [-0.1, -0.05) is 12.1 Å². The molecule has 1 aromatic carbocycles. The molecular weight excluding hydrogens is 313 g/mol. The van der Waals surface area contributed by atoms with Crippen molar-refractivity contribution in [2.75, 3.05) is 19.8 Å². The second-order valence-electron chi connectivity index (χ2n) is 6.12. The van der Waals surface area contributed by atoms with Gasteiger partial charge in [0, 0.05) is 6.61 Å². The molecule has 3 atom stereocenters. The first-order chi connectivity index (χ1) is 11.6. The van der Waals surface area contributed by atoms with Crippen molar-refractivity contribution in [3.63, 3.8) is 0 Å². The SMILES string of the molecule is C[C@H](COc1ccccc1F)NC(=O)[C@H](C)OC[C@@H]1CCCCO1. The highest BCUT2D eigenvalue weighted by Gasteiger charge is 2.20. The molecule has 0 aromatic heterocycles. The third-order valence-corrected chi connectivity index (χ3v) is 3.89. The summed E-state index contributed by atoms with van der Waals surface area (Å²) in [6.07, 6.45) is 2.72. The van der Waals surface area contributed by atoms with E-state index in [1.165, 1.54) is 6.07 Å². The molecule has 134 valence electrons. The minimum Gasteiger partial charge on any atom is -0.488 e. The van der Waals surface area contributed by atoms with Gasteiger partial charge < -0.3 is 19.5 Å². The number of hydrogen-bond acceptors (Lipinski definition) is 4. The van der Waals surface area contributed by atoms with E-state index >= 15 is 0 Å². The van der Waals surface area contributed by atoms with Gasteiger partial charge in [-0.25, -0.2) is 4.39 Å². The predicted molar refractivity (Wildman–Crippen MR) is 88.5 cm³/mol. The molecule has 1 heterocycles. The van der Waals surface area contributed by atoms with E-state index in [-0.39, 0.29) is 30.4 Å². The van der Waals surface area contributed by atoms with Crippen molar-refractivity contribution >= 4 is 5.91 Å². The van der Waals surface area contributed by atoms with Crippen molar-refractivity contribution in [1.82, 2.24) is 5.32 Å². The maximum Gasteiger partial charge on any atom is 0.249 e. The Balaban J connectivity index is 1.67. The second-order valence-corrected chi connectivity index (χ2v) is 6.12. The maximum atomic E-state index is 13.5. The summed E-state index contributed by atoms with van der Waals surface area (Å²) in [6, 6.07) is 5.93. The zero-order valence-corrected chi connectivity index (χ0v) is 14.3. The predicted octanol–water partition coefficient (Wildman–Crippen LogP) is 2.68. The monoisotopic (exact) mass is 339 g/mol. The molecule has 0 aliphatic carbocycles. The quantitative estimate of drug-likeness (QED) is 0.791. The van der Waals surface area contributed by atoms with Crippen LogP contribution in [0.25, 0.3) is 0 Å². The molecule has 6 heteroatoms. The van der Waals surface area contributed by atoms with Crippen LogP contribution in [0.2, 0.25) is 0 Å². The summed E-state index contributed by atoms with van der Waals surface area (Å²) in [4.78, 5) is 12.1. The molecule has 1 N–H and O–H groups in total. The molecule has 0 saturated carbocycles. The lowest BCUT2D eigenvalue weighted by Crippen LogP contribution is -2.43. The molecule has 0 radical (unpaired) electrons. The van der Waals surface area contributed by atoms with E-state index in [2.05, 4.69) is 5.32 Å². The largest absolute Gasteiger partial charge is 0.488 e. The number of ether oxygens (including phenoxy) is 3. The van der Waals surface area contributed by atoms with Crippen molar-refractivity contribution in [2.45, 2.75) is 51.4 Å². The Bertz CT molecular complexity index is 519. The number of para-hydroxylation sites is 1. The lowest BCUT2D eigenvalue weighted by Gasteiger charge is -2.24. The van der Waals surface area contributed by atoms with Crippen LogP contribution < -0.4 is 10.1 Å². The fraction of sp³-hybridized carbons (Fsp3) is 0.611. The van der Waals surface area contributed by atoms with Crippen molar-refractivity contribution in [1.29, 1.82) is 0 Å². The summed E-state index contributed by atoms with van der Waals surface area (Å²) < 4.78 is 30.0. The van der Waals surface area contributed by atoms with Crippen molar-refractivity contribution < 1.29 is 23.4 Å². The summed E-state index contributed by atoms with van der Waals surface area (Å²) in [6.45, 7) is 4.89. The Morgan fingerprint density at radius 3 is 2.88 bits per heavy atom. The fourth-order valence-electron chi connectivity index (χ4n) is 2.44. The summed E-state index contributed by atoms with van der Waals surface area (Å²) in [5.74, 6) is -0.451. The van der Waals surface area contributed by atoms with Crippen molar-refractivity contribution in [3.05, 3.63) is 30.1 Å². The number of carbonyl (C=O) groups excluding carboxylic acids is 1. The zero-order chi connectivity index (χ0) is 17.4. The van der Waals surface area contributed by atoms with E-state index in [1.54, 1.807) is 32.0 Å². The molecule has 1 aliphatic heterocycles. The van der Waals surface area contributed by atoms with Gasteiger partial charge in [-0.15, -0.1) is 0 Å². The van der Waals surface area contributed by atoms with Crippen LogP contribution in [-0.2, 0) is 14.3 Å². The first-order valence-corrected chi connectivity index (χ1v) is 8.47. The summed E-state index contributed by atoms with van der Waals surface area (Å²) in [7, 11) is 0. The molecule has 1 fully saturated rings. The molecule has 0 unspecified atom stereocenters. The van der Waals surface area contributed by atoms with Gasteiger partial charge in [0.2, 0.25) is 5.91 Å². The number of rotatable bonds is 8. The van der Waals surface area contributed by atoms with Crippen molar-refractivity contribution in [3.8, 4) is 5.75 Å². The van der Waals surface area contributed by atoms with Crippen LogP contribution in [0, 0.1) is 5.82 Å². The van der Waals surface area contributed by atoms with E-state index < -0.39 is 11.9 Å². The van der Waals surface area contributed by atoms with Crippen LogP contribution in [0.5, 0.6) is 5.75 Å². The number of benzene rings is 1. The number of hydrogen-bond donors (Lipinski definition) is 1. The molecular formula is C18H26FNO4. The second kappa shape index (κ2) is 9.59.